The lowest BCUT2D eigenvalue weighted by Crippen LogP contribution is -2.28. The predicted octanol–water partition coefficient (Wildman–Crippen LogP) is 1.62. The molecule has 0 aromatic heterocycles. The molecule has 0 saturated carbocycles. The zero-order valence-electron chi connectivity index (χ0n) is 13.1. The first-order chi connectivity index (χ1) is 10.0. The Labute approximate surface area is 126 Å². The highest BCUT2D eigenvalue weighted by atomic mass is 16.5. The van der Waals surface area contributed by atoms with Crippen LogP contribution in [0, 0.1) is 0 Å². The van der Waals surface area contributed by atoms with Crippen molar-refractivity contribution in [3.8, 4) is 5.75 Å². The molecule has 0 aliphatic carbocycles. The molecule has 0 spiro atoms. The van der Waals surface area contributed by atoms with E-state index in [-0.39, 0.29) is 18.6 Å². The van der Waals surface area contributed by atoms with Gasteiger partial charge in [0.2, 0.25) is 5.91 Å². The fourth-order valence-electron chi connectivity index (χ4n) is 1.91. The Morgan fingerprint density at radius 1 is 1.38 bits per heavy atom. The summed E-state index contributed by atoms with van der Waals surface area (Å²) in [4.78, 5) is 11.6. The monoisotopic (exact) mass is 294 g/mol. The van der Waals surface area contributed by atoms with Crippen LogP contribution < -0.4 is 15.4 Å². The Bertz CT molecular complexity index is 435. The van der Waals surface area contributed by atoms with Gasteiger partial charge < -0.3 is 20.5 Å². The van der Waals surface area contributed by atoms with E-state index >= 15 is 0 Å². The van der Waals surface area contributed by atoms with Gasteiger partial charge in [0.15, 0.2) is 0 Å². The Balaban J connectivity index is 2.44. The van der Waals surface area contributed by atoms with Crippen LogP contribution in [0.3, 0.4) is 0 Å². The summed E-state index contributed by atoms with van der Waals surface area (Å²) in [6, 6.07) is 7.32. The van der Waals surface area contributed by atoms with E-state index in [9.17, 15) is 9.90 Å². The molecule has 1 aromatic rings. The Morgan fingerprint density at radius 3 is 2.81 bits per heavy atom. The number of carbonyl (C=O) groups excluding carboxylic acids is 1. The second-order valence-electron chi connectivity index (χ2n) is 5.27. The Morgan fingerprint density at radius 2 is 2.14 bits per heavy atom. The number of ether oxygens (including phenoxy) is 1. The van der Waals surface area contributed by atoms with Crippen LogP contribution in [-0.2, 0) is 4.79 Å². The molecule has 3 N–H and O–H groups in total. The number of rotatable bonds is 9. The van der Waals surface area contributed by atoms with Gasteiger partial charge in [0.05, 0.1) is 12.2 Å². The van der Waals surface area contributed by atoms with Crippen LogP contribution in [0.5, 0.6) is 5.75 Å². The summed E-state index contributed by atoms with van der Waals surface area (Å²) in [5.41, 5.74) is 0.740. The lowest BCUT2D eigenvalue weighted by molar-refractivity contribution is -0.121. The molecule has 0 bridgehead atoms. The van der Waals surface area contributed by atoms with Gasteiger partial charge in [-0.3, -0.25) is 4.79 Å². The second-order valence-corrected chi connectivity index (χ2v) is 5.27. The average molecular weight is 294 g/mol. The van der Waals surface area contributed by atoms with Gasteiger partial charge in [0.1, 0.15) is 5.75 Å². The van der Waals surface area contributed by atoms with Crippen LogP contribution in [0.25, 0.3) is 0 Å². The van der Waals surface area contributed by atoms with Gasteiger partial charge in [-0.15, -0.1) is 0 Å². The lowest BCUT2D eigenvalue weighted by Gasteiger charge is -2.15. The van der Waals surface area contributed by atoms with Crippen molar-refractivity contribution >= 4 is 5.91 Å². The van der Waals surface area contributed by atoms with Crippen molar-refractivity contribution in [1.82, 2.24) is 10.6 Å². The summed E-state index contributed by atoms with van der Waals surface area (Å²) in [7, 11) is 1.86. The number of hydrogen-bond acceptors (Lipinski definition) is 4. The fraction of sp³-hybridized carbons (Fsp3) is 0.562. The molecule has 5 heteroatoms. The molecule has 0 radical (unpaired) electrons. The number of carbonyl (C=O) groups is 1. The van der Waals surface area contributed by atoms with Crippen molar-refractivity contribution in [2.45, 2.75) is 38.9 Å². The number of nitrogens with one attached hydrogen (secondary N) is 2. The Hall–Kier alpha value is -1.59. The zero-order chi connectivity index (χ0) is 15.7. The van der Waals surface area contributed by atoms with E-state index in [0.29, 0.717) is 6.42 Å². The summed E-state index contributed by atoms with van der Waals surface area (Å²) in [5, 5.41) is 15.9. The number of hydrogen-bond donors (Lipinski definition) is 3. The Kier molecular flexibility index (Phi) is 7.79. The van der Waals surface area contributed by atoms with Gasteiger partial charge >= 0.3 is 0 Å². The van der Waals surface area contributed by atoms with Crippen LogP contribution in [0.1, 0.15) is 38.4 Å². The number of benzene rings is 1. The van der Waals surface area contributed by atoms with Crippen LogP contribution >= 0.6 is 0 Å². The summed E-state index contributed by atoms with van der Waals surface area (Å²) in [5.74, 6) is 0.681. The van der Waals surface area contributed by atoms with E-state index in [1.807, 2.05) is 39.1 Å². The minimum absolute atomic E-state index is 0.0427. The molecule has 0 aliphatic heterocycles. The summed E-state index contributed by atoms with van der Waals surface area (Å²) < 4.78 is 5.59. The largest absolute Gasteiger partial charge is 0.491 e. The molecule has 21 heavy (non-hydrogen) atoms. The molecule has 118 valence electrons. The predicted molar refractivity (Wildman–Crippen MR) is 83.3 cm³/mol. The summed E-state index contributed by atoms with van der Waals surface area (Å²) >= 11 is 0. The molecule has 0 saturated heterocycles. The maximum Gasteiger partial charge on any atom is 0.220 e. The van der Waals surface area contributed by atoms with Crippen LogP contribution in [0.4, 0.5) is 0 Å². The zero-order valence-corrected chi connectivity index (χ0v) is 13.1. The highest BCUT2D eigenvalue weighted by Gasteiger charge is 2.10. The lowest BCUT2D eigenvalue weighted by atomic mass is 10.1. The van der Waals surface area contributed by atoms with Gasteiger partial charge in [-0.1, -0.05) is 12.1 Å². The first-order valence-electron chi connectivity index (χ1n) is 7.39. The first kappa shape index (κ1) is 17.5. The maximum absolute atomic E-state index is 11.6. The third kappa shape index (κ3) is 7.11. The van der Waals surface area contributed by atoms with Gasteiger partial charge in [-0.2, -0.15) is 0 Å². The standard InChI is InChI=1S/C16H26N2O3/c1-12(2)21-14-7-4-6-13(10-14)15(19)11-18-16(20)8-5-9-17-3/h4,6-7,10,12,15,17,19H,5,8-9,11H2,1-3H3,(H,18,20). The van der Waals surface area contributed by atoms with E-state index in [1.54, 1.807) is 6.07 Å². The summed E-state index contributed by atoms with van der Waals surface area (Å²) in [6.07, 6.45) is 0.610. The molecule has 0 fully saturated rings. The van der Waals surface area contributed by atoms with E-state index in [4.69, 9.17) is 4.74 Å². The molecule has 1 rings (SSSR count). The minimum Gasteiger partial charge on any atom is -0.491 e. The van der Waals surface area contributed by atoms with Crippen molar-refractivity contribution in [3.05, 3.63) is 29.8 Å². The van der Waals surface area contributed by atoms with Crippen LogP contribution in [0.15, 0.2) is 24.3 Å². The van der Waals surface area contributed by atoms with Crippen molar-refractivity contribution in [2.24, 2.45) is 0 Å². The molecular formula is C16H26N2O3. The number of amides is 1. The normalized spacial score (nSPS) is 12.2. The molecule has 1 unspecified atom stereocenters. The average Bonchev–Trinajstić information content (AvgIpc) is 2.44. The molecule has 1 amide bonds. The molecule has 0 heterocycles. The molecule has 5 nitrogen and oxygen atoms in total. The highest BCUT2D eigenvalue weighted by molar-refractivity contribution is 5.75. The van der Waals surface area contributed by atoms with Crippen molar-refractivity contribution in [3.63, 3.8) is 0 Å². The quantitative estimate of drug-likeness (QED) is 0.605. The van der Waals surface area contributed by atoms with E-state index in [2.05, 4.69) is 10.6 Å². The second kappa shape index (κ2) is 9.37. The minimum atomic E-state index is -0.728. The van der Waals surface area contributed by atoms with Crippen molar-refractivity contribution in [1.29, 1.82) is 0 Å². The maximum atomic E-state index is 11.6. The SMILES string of the molecule is CNCCCC(=O)NCC(O)c1cccc(OC(C)C)c1. The molecule has 0 aliphatic rings. The first-order valence-corrected chi connectivity index (χ1v) is 7.39. The van der Waals surface area contributed by atoms with Gasteiger partial charge in [-0.25, -0.2) is 0 Å². The van der Waals surface area contributed by atoms with Crippen molar-refractivity contribution < 1.29 is 14.6 Å². The van der Waals surface area contributed by atoms with Gasteiger partial charge in [0.25, 0.3) is 0 Å². The van der Waals surface area contributed by atoms with E-state index in [0.717, 1.165) is 24.3 Å². The van der Waals surface area contributed by atoms with Gasteiger partial charge in [-0.05, 0) is 51.6 Å². The van der Waals surface area contributed by atoms with Crippen LogP contribution in [-0.4, -0.2) is 37.3 Å². The fourth-order valence-corrected chi connectivity index (χ4v) is 1.91. The highest BCUT2D eigenvalue weighted by Crippen LogP contribution is 2.19. The topological polar surface area (TPSA) is 70.6 Å². The number of aliphatic hydroxyl groups is 1. The third-order valence-corrected chi connectivity index (χ3v) is 2.94. The molecule has 1 atom stereocenters. The van der Waals surface area contributed by atoms with Crippen LogP contribution in [0.2, 0.25) is 0 Å². The van der Waals surface area contributed by atoms with E-state index < -0.39 is 6.10 Å². The van der Waals surface area contributed by atoms with Gasteiger partial charge in [0, 0.05) is 13.0 Å². The number of aliphatic hydroxyl groups excluding tert-OH is 1. The molecular weight excluding hydrogens is 268 g/mol. The van der Waals surface area contributed by atoms with Crippen molar-refractivity contribution in [2.75, 3.05) is 20.1 Å². The van der Waals surface area contributed by atoms with E-state index in [1.165, 1.54) is 0 Å². The third-order valence-electron chi connectivity index (χ3n) is 2.94. The smallest absolute Gasteiger partial charge is 0.220 e. The summed E-state index contributed by atoms with van der Waals surface area (Å²) in [6.45, 7) is 4.93. The molecule has 1 aromatic carbocycles.